The molecule has 0 aromatic carbocycles. The van der Waals surface area contributed by atoms with Gasteiger partial charge in [-0.3, -0.25) is 0 Å². The van der Waals surface area contributed by atoms with Crippen molar-refractivity contribution in [2.24, 2.45) is 0 Å². The fourth-order valence-corrected chi connectivity index (χ4v) is 1.17. The van der Waals surface area contributed by atoms with Crippen molar-refractivity contribution in [2.75, 3.05) is 19.0 Å². The number of nitrogens with zero attached hydrogens (tertiary/aromatic N) is 2. The standard InChI is InChI=1S/C10H14ClN3O/c1-3-4-5-6-12-9-8(11)7-13-10(14-9)15-2/h3-4,7H,5-6H2,1-2H3,(H,12,13,14)/b4-3+. The summed E-state index contributed by atoms with van der Waals surface area (Å²) in [5.74, 6) is 0.605. The van der Waals surface area contributed by atoms with Crippen LogP contribution in [0, 0.1) is 0 Å². The molecule has 0 aliphatic rings. The molecule has 5 heteroatoms. The predicted octanol–water partition coefficient (Wildman–Crippen LogP) is 2.52. The molecule has 4 nitrogen and oxygen atoms in total. The third-order valence-corrected chi connectivity index (χ3v) is 2.02. The molecule has 1 aromatic rings. The number of methoxy groups -OCH3 is 1. The maximum Gasteiger partial charge on any atom is 0.318 e. The van der Waals surface area contributed by atoms with E-state index < -0.39 is 0 Å². The number of nitrogens with one attached hydrogen (secondary N) is 1. The summed E-state index contributed by atoms with van der Waals surface area (Å²) in [6.07, 6.45) is 6.52. The van der Waals surface area contributed by atoms with Crippen LogP contribution in [0.3, 0.4) is 0 Å². The Morgan fingerprint density at radius 1 is 1.60 bits per heavy atom. The SMILES string of the molecule is C/C=C/CCNc1nc(OC)ncc1Cl. The van der Waals surface area contributed by atoms with E-state index in [1.54, 1.807) is 0 Å². The molecule has 0 bridgehead atoms. The van der Waals surface area contributed by atoms with E-state index in [9.17, 15) is 0 Å². The summed E-state index contributed by atoms with van der Waals surface area (Å²) in [6.45, 7) is 2.77. The zero-order valence-corrected chi connectivity index (χ0v) is 9.58. The van der Waals surface area contributed by atoms with Crippen molar-refractivity contribution in [1.82, 2.24) is 9.97 Å². The summed E-state index contributed by atoms with van der Waals surface area (Å²) < 4.78 is 4.90. The van der Waals surface area contributed by atoms with E-state index >= 15 is 0 Å². The van der Waals surface area contributed by atoms with Gasteiger partial charge < -0.3 is 10.1 Å². The van der Waals surface area contributed by atoms with E-state index in [1.807, 2.05) is 13.0 Å². The van der Waals surface area contributed by atoms with Crippen LogP contribution in [-0.4, -0.2) is 23.6 Å². The molecule has 0 atom stereocenters. The lowest BCUT2D eigenvalue weighted by molar-refractivity contribution is 0.380. The molecule has 0 spiro atoms. The fourth-order valence-electron chi connectivity index (χ4n) is 1.01. The number of allylic oxidation sites excluding steroid dienone is 1. The lowest BCUT2D eigenvalue weighted by atomic mass is 10.4. The minimum absolute atomic E-state index is 0.313. The maximum absolute atomic E-state index is 5.90. The van der Waals surface area contributed by atoms with Crippen molar-refractivity contribution in [3.05, 3.63) is 23.4 Å². The molecule has 1 heterocycles. The van der Waals surface area contributed by atoms with Gasteiger partial charge in [-0.1, -0.05) is 23.8 Å². The van der Waals surface area contributed by atoms with Crippen LogP contribution in [-0.2, 0) is 0 Å². The van der Waals surface area contributed by atoms with Crippen LogP contribution < -0.4 is 10.1 Å². The third-order valence-electron chi connectivity index (χ3n) is 1.74. The van der Waals surface area contributed by atoms with Gasteiger partial charge in [0.05, 0.1) is 13.3 Å². The quantitative estimate of drug-likeness (QED) is 0.620. The molecule has 1 aromatic heterocycles. The second-order valence-electron chi connectivity index (χ2n) is 2.84. The van der Waals surface area contributed by atoms with Gasteiger partial charge in [0.25, 0.3) is 0 Å². The minimum atomic E-state index is 0.313. The van der Waals surface area contributed by atoms with E-state index in [0.29, 0.717) is 16.9 Å². The predicted molar refractivity (Wildman–Crippen MR) is 61.5 cm³/mol. The normalized spacial score (nSPS) is 10.6. The van der Waals surface area contributed by atoms with Crippen LogP contribution in [0.15, 0.2) is 18.3 Å². The first-order chi connectivity index (χ1) is 7.27. The highest BCUT2D eigenvalue weighted by Crippen LogP contribution is 2.19. The third kappa shape index (κ3) is 3.75. The van der Waals surface area contributed by atoms with Crippen molar-refractivity contribution in [1.29, 1.82) is 0 Å². The highest BCUT2D eigenvalue weighted by atomic mass is 35.5. The summed E-state index contributed by atoms with van der Waals surface area (Å²) >= 11 is 5.90. The molecule has 0 unspecified atom stereocenters. The van der Waals surface area contributed by atoms with E-state index in [-0.39, 0.29) is 0 Å². The first kappa shape index (κ1) is 11.8. The molecule has 1 N–H and O–H groups in total. The van der Waals surface area contributed by atoms with E-state index in [4.69, 9.17) is 16.3 Å². The van der Waals surface area contributed by atoms with Gasteiger partial charge in [-0.2, -0.15) is 4.98 Å². The van der Waals surface area contributed by atoms with Crippen LogP contribution in [0.25, 0.3) is 0 Å². The highest BCUT2D eigenvalue weighted by Gasteiger charge is 2.03. The molecule has 0 fully saturated rings. The molecule has 0 saturated heterocycles. The Labute approximate surface area is 94.3 Å². The summed E-state index contributed by atoms with van der Waals surface area (Å²) in [5, 5.41) is 3.60. The Morgan fingerprint density at radius 3 is 3.07 bits per heavy atom. The molecule has 0 aliphatic heterocycles. The zero-order chi connectivity index (χ0) is 11.1. The number of ether oxygens (including phenoxy) is 1. The van der Waals surface area contributed by atoms with Gasteiger partial charge in [0.15, 0.2) is 5.82 Å². The Hall–Kier alpha value is -1.29. The average Bonchev–Trinajstić information content (AvgIpc) is 2.26. The lowest BCUT2D eigenvalue weighted by Gasteiger charge is -2.06. The number of halogens is 1. The van der Waals surface area contributed by atoms with Crippen molar-refractivity contribution < 1.29 is 4.74 Å². The molecule has 0 amide bonds. The zero-order valence-electron chi connectivity index (χ0n) is 8.83. The summed E-state index contributed by atoms with van der Waals surface area (Å²) in [4.78, 5) is 7.97. The van der Waals surface area contributed by atoms with Crippen LogP contribution in [0.5, 0.6) is 6.01 Å². The van der Waals surface area contributed by atoms with E-state index in [1.165, 1.54) is 13.3 Å². The van der Waals surface area contributed by atoms with E-state index in [2.05, 4.69) is 21.4 Å². The minimum Gasteiger partial charge on any atom is -0.467 e. The Bertz CT molecular complexity index is 341. The largest absolute Gasteiger partial charge is 0.467 e. The smallest absolute Gasteiger partial charge is 0.318 e. The van der Waals surface area contributed by atoms with Gasteiger partial charge in [0.2, 0.25) is 0 Å². The van der Waals surface area contributed by atoms with Crippen molar-refractivity contribution in [3.8, 4) is 6.01 Å². The number of aromatic nitrogens is 2. The second kappa shape index (κ2) is 6.24. The monoisotopic (exact) mass is 227 g/mol. The van der Waals surface area contributed by atoms with Crippen LogP contribution >= 0.6 is 11.6 Å². The number of hydrogen-bond donors (Lipinski definition) is 1. The van der Waals surface area contributed by atoms with Gasteiger partial charge in [-0.25, -0.2) is 4.98 Å². The molecule has 82 valence electrons. The number of rotatable bonds is 5. The van der Waals surface area contributed by atoms with Crippen molar-refractivity contribution in [2.45, 2.75) is 13.3 Å². The first-order valence-corrected chi connectivity index (χ1v) is 5.07. The van der Waals surface area contributed by atoms with Crippen LogP contribution in [0.1, 0.15) is 13.3 Å². The lowest BCUT2D eigenvalue weighted by Crippen LogP contribution is -2.04. The van der Waals surface area contributed by atoms with Crippen molar-refractivity contribution >= 4 is 17.4 Å². The van der Waals surface area contributed by atoms with Gasteiger partial charge >= 0.3 is 6.01 Å². The topological polar surface area (TPSA) is 47.0 Å². The van der Waals surface area contributed by atoms with Crippen LogP contribution in [0.4, 0.5) is 5.82 Å². The molecular formula is C10H14ClN3O. The average molecular weight is 228 g/mol. The summed E-state index contributed by atoms with van der Waals surface area (Å²) in [7, 11) is 1.52. The van der Waals surface area contributed by atoms with Gasteiger partial charge in [0, 0.05) is 6.54 Å². The van der Waals surface area contributed by atoms with Crippen molar-refractivity contribution in [3.63, 3.8) is 0 Å². The Balaban J connectivity index is 2.58. The van der Waals surface area contributed by atoms with Gasteiger partial charge in [-0.15, -0.1) is 0 Å². The van der Waals surface area contributed by atoms with Gasteiger partial charge in [0.1, 0.15) is 5.02 Å². The van der Waals surface area contributed by atoms with Crippen LogP contribution in [0.2, 0.25) is 5.02 Å². The second-order valence-corrected chi connectivity index (χ2v) is 3.24. The molecule has 0 saturated carbocycles. The maximum atomic E-state index is 5.90. The molecule has 15 heavy (non-hydrogen) atoms. The van der Waals surface area contributed by atoms with Gasteiger partial charge in [-0.05, 0) is 13.3 Å². The first-order valence-electron chi connectivity index (χ1n) is 4.69. The molecule has 0 aliphatic carbocycles. The highest BCUT2D eigenvalue weighted by molar-refractivity contribution is 6.32. The summed E-state index contributed by atoms with van der Waals surface area (Å²) in [5.41, 5.74) is 0. The molecular weight excluding hydrogens is 214 g/mol. The number of hydrogen-bond acceptors (Lipinski definition) is 4. The Morgan fingerprint density at radius 2 is 2.40 bits per heavy atom. The summed E-state index contributed by atoms with van der Waals surface area (Å²) in [6, 6.07) is 0.313. The molecule has 0 radical (unpaired) electrons. The molecule has 1 rings (SSSR count). The number of anilines is 1. The fraction of sp³-hybridized carbons (Fsp3) is 0.400. The Kier molecular flexibility index (Phi) is 4.90. The van der Waals surface area contributed by atoms with E-state index in [0.717, 1.165) is 13.0 Å².